The van der Waals surface area contributed by atoms with E-state index in [9.17, 15) is 22.0 Å². The van der Waals surface area contributed by atoms with Gasteiger partial charge < -0.3 is 10.1 Å². The lowest BCUT2D eigenvalue weighted by Gasteiger charge is -2.23. The maximum Gasteiger partial charge on any atom is 0.264 e. The second-order valence-electron chi connectivity index (χ2n) is 4.53. The predicted octanol–water partition coefficient (Wildman–Crippen LogP) is 1.80. The van der Waals surface area contributed by atoms with Crippen molar-refractivity contribution in [2.75, 3.05) is 13.2 Å². The molecule has 1 aromatic rings. The van der Waals surface area contributed by atoms with Crippen molar-refractivity contribution in [3.05, 3.63) is 29.3 Å². The van der Waals surface area contributed by atoms with Crippen LogP contribution >= 0.6 is 10.7 Å². The normalized spacial score (nSPS) is 16.7. The Morgan fingerprint density at radius 1 is 1.29 bits per heavy atom. The van der Waals surface area contributed by atoms with E-state index in [0.29, 0.717) is 38.2 Å². The van der Waals surface area contributed by atoms with Gasteiger partial charge in [0.1, 0.15) is 16.3 Å². The molecular formula is C12H12ClF2NO4S. The van der Waals surface area contributed by atoms with Gasteiger partial charge in [0.25, 0.3) is 15.0 Å². The summed E-state index contributed by atoms with van der Waals surface area (Å²) in [6.45, 7) is 0.873. The van der Waals surface area contributed by atoms with Gasteiger partial charge in [0.05, 0.1) is 0 Å². The first-order valence-electron chi connectivity index (χ1n) is 6.12. The Balaban J connectivity index is 2.32. The Kier molecular flexibility index (Phi) is 4.80. The van der Waals surface area contributed by atoms with Crippen LogP contribution in [0.4, 0.5) is 8.78 Å². The average molecular weight is 340 g/mol. The van der Waals surface area contributed by atoms with Crippen molar-refractivity contribution in [1.82, 2.24) is 5.32 Å². The molecule has 1 heterocycles. The molecule has 1 fully saturated rings. The summed E-state index contributed by atoms with van der Waals surface area (Å²) in [5.41, 5.74) is -0.955. The summed E-state index contributed by atoms with van der Waals surface area (Å²) >= 11 is 0. The minimum Gasteiger partial charge on any atom is -0.381 e. The van der Waals surface area contributed by atoms with E-state index in [1.54, 1.807) is 0 Å². The molecule has 0 radical (unpaired) electrons. The van der Waals surface area contributed by atoms with Crippen LogP contribution in [0.1, 0.15) is 23.2 Å². The highest BCUT2D eigenvalue weighted by Gasteiger charge is 2.27. The standard InChI is InChI=1S/C12H12ClF2NO4S/c13-21(18,19)9-2-1-8(14)10(11(9)15)12(17)16-7-3-5-20-6-4-7/h1-2,7H,3-6H2,(H,16,17). The summed E-state index contributed by atoms with van der Waals surface area (Å²) in [5, 5.41) is 2.46. The van der Waals surface area contributed by atoms with Crippen molar-refractivity contribution >= 4 is 25.6 Å². The van der Waals surface area contributed by atoms with Crippen molar-refractivity contribution in [1.29, 1.82) is 0 Å². The van der Waals surface area contributed by atoms with E-state index < -0.39 is 37.1 Å². The van der Waals surface area contributed by atoms with E-state index in [4.69, 9.17) is 15.4 Å². The maximum absolute atomic E-state index is 14.0. The van der Waals surface area contributed by atoms with Gasteiger partial charge >= 0.3 is 0 Å². The molecule has 1 aromatic carbocycles. The first-order valence-corrected chi connectivity index (χ1v) is 8.43. The third kappa shape index (κ3) is 3.69. The fourth-order valence-electron chi connectivity index (χ4n) is 2.03. The number of amides is 1. The summed E-state index contributed by atoms with van der Waals surface area (Å²) in [6.07, 6.45) is 1.03. The number of benzene rings is 1. The molecule has 0 aromatic heterocycles. The molecule has 0 unspecified atom stereocenters. The Morgan fingerprint density at radius 3 is 2.48 bits per heavy atom. The maximum atomic E-state index is 14.0. The highest BCUT2D eigenvalue weighted by Crippen LogP contribution is 2.24. The van der Waals surface area contributed by atoms with E-state index in [1.807, 2.05) is 0 Å². The predicted molar refractivity (Wildman–Crippen MR) is 70.7 cm³/mol. The van der Waals surface area contributed by atoms with Gasteiger partial charge in [-0.15, -0.1) is 0 Å². The zero-order valence-corrected chi connectivity index (χ0v) is 12.3. The van der Waals surface area contributed by atoms with E-state index in [0.717, 1.165) is 0 Å². The van der Waals surface area contributed by atoms with Crippen molar-refractivity contribution in [2.24, 2.45) is 0 Å². The molecule has 2 rings (SSSR count). The van der Waals surface area contributed by atoms with Gasteiger partial charge in [-0.25, -0.2) is 17.2 Å². The van der Waals surface area contributed by atoms with Crippen molar-refractivity contribution in [3.63, 3.8) is 0 Å². The van der Waals surface area contributed by atoms with Gasteiger partial charge in [-0.05, 0) is 25.0 Å². The summed E-state index contributed by atoms with van der Waals surface area (Å²) in [7, 11) is 0.637. The summed E-state index contributed by atoms with van der Waals surface area (Å²) < 4.78 is 55.2. The second-order valence-corrected chi connectivity index (χ2v) is 7.07. The summed E-state index contributed by atoms with van der Waals surface area (Å²) in [5.74, 6) is -3.66. The van der Waals surface area contributed by atoms with Crippen molar-refractivity contribution in [2.45, 2.75) is 23.8 Å². The minimum absolute atomic E-state index is 0.277. The van der Waals surface area contributed by atoms with Crippen LogP contribution < -0.4 is 5.32 Å². The topological polar surface area (TPSA) is 72.5 Å². The Hall–Kier alpha value is -1.25. The lowest BCUT2D eigenvalue weighted by atomic mass is 10.1. The number of carbonyl (C=O) groups is 1. The van der Waals surface area contributed by atoms with Gasteiger partial charge in [0.15, 0.2) is 5.82 Å². The largest absolute Gasteiger partial charge is 0.381 e. The first kappa shape index (κ1) is 16.1. The highest BCUT2D eigenvalue weighted by molar-refractivity contribution is 8.13. The molecule has 9 heteroatoms. The molecular weight excluding hydrogens is 328 g/mol. The molecule has 0 aliphatic carbocycles. The average Bonchev–Trinajstić information content (AvgIpc) is 2.38. The Bertz CT molecular complexity index is 659. The smallest absolute Gasteiger partial charge is 0.264 e. The van der Waals surface area contributed by atoms with Gasteiger partial charge in [-0.1, -0.05) is 0 Å². The van der Waals surface area contributed by atoms with Crippen LogP contribution in [0.2, 0.25) is 0 Å². The fraction of sp³-hybridized carbons (Fsp3) is 0.417. The summed E-state index contributed by atoms with van der Waals surface area (Å²) in [4.78, 5) is 11.0. The number of carbonyl (C=O) groups excluding carboxylic acids is 1. The zero-order valence-electron chi connectivity index (χ0n) is 10.7. The number of rotatable bonds is 3. The van der Waals surface area contributed by atoms with E-state index in [-0.39, 0.29) is 6.04 Å². The van der Waals surface area contributed by atoms with Gasteiger partial charge in [-0.3, -0.25) is 4.79 Å². The van der Waals surface area contributed by atoms with Crippen LogP contribution in [0.25, 0.3) is 0 Å². The Morgan fingerprint density at radius 2 is 1.90 bits per heavy atom. The van der Waals surface area contributed by atoms with Gasteiger partial charge in [0.2, 0.25) is 0 Å². The zero-order chi connectivity index (χ0) is 15.6. The third-order valence-corrected chi connectivity index (χ3v) is 4.44. The quantitative estimate of drug-likeness (QED) is 0.852. The molecule has 1 aliphatic heterocycles. The fourth-order valence-corrected chi connectivity index (χ4v) is 2.93. The lowest BCUT2D eigenvalue weighted by molar-refractivity contribution is 0.0692. The molecule has 0 spiro atoms. The van der Waals surface area contributed by atoms with Gasteiger partial charge in [0, 0.05) is 29.9 Å². The van der Waals surface area contributed by atoms with Gasteiger partial charge in [-0.2, -0.15) is 0 Å². The molecule has 0 atom stereocenters. The van der Waals surface area contributed by atoms with Crippen LogP contribution in [0.5, 0.6) is 0 Å². The van der Waals surface area contributed by atoms with Crippen LogP contribution in [0, 0.1) is 11.6 Å². The molecule has 5 nitrogen and oxygen atoms in total. The molecule has 116 valence electrons. The molecule has 1 N–H and O–H groups in total. The number of hydrogen-bond donors (Lipinski definition) is 1. The van der Waals surface area contributed by atoms with E-state index >= 15 is 0 Å². The van der Waals surface area contributed by atoms with E-state index in [1.165, 1.54) is 0 Å². The Labute approximate surface area is 124 Å². The van der Waals surface area contributed by atoms with Crippen LogP contribution in [0.3, 0.4) is 0 Å². The van der Waals surface area contributed by atoms with Crippen LogP contribution in [0.15, 0.2) is 17.0 Å². The minimum atomic E-state index is -4.41. The molecule has 21 heavy (non-hydrogen) atoms. The molecule has 1 saturated heterocycles. The number of nitrogens with one attached hydrogen (secondary N) is 1. The third-order valence-electron chi connectivity index (χ3n) is 3.10. The first-order chi connectivity index (χ1) is 9.80. The SMILES string of the molecule is O=C(NC1CCOCC1)c1c(F)ccc(S(=O)(=O)Cl)c1F. The number of hydrogen-bond acceptors (Lipinski definition) is 4. The molecule has 0 saturated carbocycles. The molecule has 0 bridgehead atoms. The summed E-state index contributed by atoms with van der Waals surface area (Å²) in [6, 6.07) is 1.09. The highest BCUT2D eigenvalue weighted by atomic mass is 35.7. The molecule has 1 amide bonds. The molecule has 1 aliphatic rings. The monoisotopic (exact) mass is 339 g/mol. The van der Waals surface area contributed by atoms with Crippen LogP contribution in [-0.2, 0) is 13.8 Å². The number of halogens is 3. The lowest BCUT2D eigenvalue weighted by Crippen LogP contribution is -2.39. The second kappa shape index (κ2) is 6.25. The van der Waals surface area contributed by atoms with Crippen molar-refractivity contribution < 1.29 is 26.7 Å². The van der Waals surface area contributed by atoms with E-state index in [2.05, 4.69) is 5.32 Å². The van der Waals surface area contributed by atoms with Crippen molar-refractivity contribution in [3.8, 4) is 0 Å². The number of ether oxygens (including phenoxy) is 1. The van der Waals surface area contributed by atoms with Crippen LogP contribution in [-0.4, -0.2) is 33.6 Å².